The smallest absolute Gasteiger partial charge is 0.300 e. The van der Waals surface area contributed by atoms with E-state index >= 15 is 0 Å². The Kier molecular flexibility index (Phi) is 6.38. The lowest BCUT2D eigenvalue weighted by atomic mass is 9.95. The van der Waals surface area contributed by atoms with Crippen molar-refractivity contribution in [3.05, 3.63) is 94.5 Å². The number of anilines is 1. The van der Waals surface area contributed by atoms with Crippen LogP contribution in [0.25, 0.3) is 5.76 Å². The highest BCUT2D eigenvalue weighted by Crippen LogP contribution is 2.42. The molecule has 1 atom stereocenters. The molecule has 1 amide bonds. The minimum atomic E-state index is -0.840. The normalized spacial score (nSPS) is 17.3. The number of methoxy groups -OCH3 is 1. The number of aliphatic hydroxyl groups is 1. The van der Waals surface area contributed by atoms with Gasteiger partial charge in [0.1, 0.15) is 17.3 Å². The number of hydrogen-bond acceptors (Lipinski definition) is 5. The molecule has 3 aromatic carbocycles. The zero-order valence-electron chi connectivity index (χ0n) is 18.1. The van der Waals surface area contributed by atoms with E-state index in [0.717, 1.165) is 0 Å². The first-order chi connectivity index (χ1) is 15.9. The molecule has 6 nitrogen and oxygen atoms in total. The zero-order chi connectivity index (χ0) is 23.5. The van der Waals surface area contributed by atoms with Crippen LogP contribution in [0.5, 0.6) is 11.5 Å². The summed E-state index contributed by atoms with van der Waals surface area (Å²) in [7, 11) is 1.51. The Balaban J connectivity index is 1.90. The van der Waals surface area contributed by atoms with Crippen LogP contribution in [0.4, 0.5) is 5.69 Å². The number of ketones is 1. The largest absolute Gasteiger partial charge is 0.507 e. The maximum atomic E-state index is 13.2. The fourth-order valence-electron chi connectivity index (χ4n) is 3.85. The Morgan fingerprint density at radius 3 is 2.33 bits per heavy atom. The highest BCUT2D eigenvalue weighted by molar-refractivity contribution is 6.51. The quantitative estimate of drug-likeness (QED) is 0.302. The minimum Gasteiger partial charge on any atom is -0.507 e. The Bertz CT molecular complexity index is 1220. The van der Waals surface area contributed by atoms with Crippen LogP contribution in [0.15, 0.2) is 78.4 Å². The number of halogens is 1. The van der Waals surface area contributed by atoms with Gasteiger partial charge >= 0.3 is 0 Å². The summed E-state index contributed by atoms with van der Waals surface area (Å²) in [6.07, 6.45) is 0. The lowest BCUT2D eigenvalue weighted by Crippen LogP contribution is -2.29. The molecule has 0 aliphatic carbocycles. The van der Waals surface area contributed by atoms with Crippen molar-refractivity contribution >= 4 is 34.7 Å². The fourth-order valence-corrected chi connectivity index (χ4v) is 3.98. The number of ether oxygens (including phenoxy) is 2. The van der Waals surface area contributed by atoms with E-state index in [4.69, 9.17) is 21.1 Å². The molecule has 7 heteroatoms. The summed E-state index contributed by atoms with van der Waals surface area (Å²) in [5.74, 6) is -0.603. The third-order valence-electron chi connectivity index (χ3n) is 5.40. The average Bonchev–Trinajstić information content (AvgIpc) is 3.10. The van der Waals surface area contributed by atoms with E-state index in [1.165, 1.54) is 12.0 Å². The zero-order valence-corrected chi connectivity index (χ0v) is 18.9. The molecule has 0 aromatic heterocycles. The number of benzene rings is 3. The van der Waals surface area contributed by atoms with Gasteiger partial charge in [0.2, 0.25) is 0 Å². The van der Waals surface area contributed by atoms with Crippen LogP contribution in [-0.4, -0.2) is 30.5 Å². The summed E-state index contributed by atoms with van der Waals surface area (Å²) in [6.45, 7) is 2.40. The van der Waals surface area contributed by atoms with Gasteiger partial charge in [0.15, 0.2) is 0 Å². The van der Waals surface area contributed by atoms with Crippen molar-refractivity contribution in [2.45, 2.75) is 13.0 Å². The molecular weight excluding hydrogens is 442 g/mol. The second kappa shape index (κ2) is 9.38. The molecule has 1 aliphatic heterocycles. The van der Waals surface area contributed by atoms with Crippen molar-refractivity contribution in [2.24, 2.45) is 0 Å². The summed E-state index contributed by atoms with van der Waals surface area (Å²) in [6, 6.07) is 19.6. The number of nitrogens with zero attached hydrogens (tertiary/aromatic N) is 1. The number of aliphatic hydroxyl groups excluding tert-OH is 1. The van der Waals surface area contributed by atoms with Gasteiger partial charge in [0, 0.05) is 16.3 Å². The Morgan fingerprint density at radius 2 is 1.70 bits per heavy atom. The van der Waals surface area contributed by atoms with Crippen molar-refractivity contribution in [2.75, 3.05) is 18.6 Å². The van der Waals surface area contributed by atoms with Crippen LogP contribution in [-0.2, 0) is 9.59 Å². The molecule has 0 spiro atoms. The van der Waals surface area contributed by atoms with Crippen molar-refractivity contribution in [1.82, 2.24) is 0 Å². The second-order valence-electron chi connectivity index (χ2n) is 7.38. The van der Waals surface area contributed by atoms with E-state index in [-0.39, 0.29) is 11.3 Å². The molecule has 0 bridgehead atoms. The molecule has 1 N–H and O–H groups in total. The number of hydrogen-bond donors (Lipinski definition) is 1. The number of carbonyl (C=O) groups is 2. The Hall–Kier alpha value is -3.77. The first-order valence-electron chi connectivity index (χ1n) is 10.4. The minimum absolute atomic E-state index is 0.00707. The molecule has 1 aliphatic rings. The second-order valence-corrected chi connectivity index (χ2v) is 7.82. The van der Waals surface area contributed by atoms with Gasteiger partial charge in [0.25, 0.3) is 11.7 Å². The van der Waals surface area contributed by atoms with E-state index < -0.39 is 17.7 Å². The standard InChI is InChI=1S/C26H22ClNO5/c1-3-33-20-13-7-16(8-14-20)23-22(24(29)17-5-4-6-21(15-17)32-2)25(30)26(31)28(23)19-11-9-18(27)10-12-19/h4-15,23,29H,3H2,1-2H3/b24-22-. The summed E-state index contributed by atoms with van der Waals surface area (Å²) in [4.78, 5) is 27.7. The van der Waals surface area contributed by atoms with Gasteiger partial charge < -0.3 is 14.6 Å². The molecule has 1 heterocycles. The fraction of sp³-hybridized carbons (Fsp3) is 0.154. The number of rotatable bonds is 6. The molecule has 3 aromatic rings. The van der Waals surface area contributed by atoms with Crippen LogP contribution < -0.4 is 14.4 Å². The van der Waals surface area contributed by atoms with E-state index in [1.54, 1.807) is 72.8 Å². The highest BCUT2D eigenvalue weighted by Gasteiger charge is 2.47. The predicted octanol–water partition coefficient (Wildman–Crippen LogP) is 5.37. The van der Waals surface area contributed by atoms with E-state index in [2.05, 4.69) is 0 Å². The maximum Gasteiger partial charge on any atom is 0.300 e. The van der Waals surface area contributed by atoms with Gasteiger partial charge in [-0.15, -0.1) is 0 Å². The Labute approximate surface area is 196 Å². The third kappa shape index (κ3) is 4.30. The number of amides is 1. The SMILES string of the molecule is CCOc1ccc(C2/C(=C(/O)c3cccc(OC)c3)C(=O)C(=O)N2c2ccc(Cl)cc2)cc1. The third-order valence-corrected chi connectivity index (χ3v) is 5.65. The van der Waals surface area contributed by atoms with Crippen LogP contribution in [0.2, 0.25) is 5.02 Å². The average molecular weight is 464 g/mol. The summed E-state index contributed by atoms with van der Waals surface area (Å²) >= 11 is 6.03. The molecule has 0 saturated carbocycles. The summed E-state index contributed by atoms with van der Waals surface area (Å²) < 4.78 is 10.8. The van der Waals surface area contributed by atoms with Gasteiger partial charge in [-0.3, -0.25) is 14.5 Å². The van der Waals surface area contributed by atoms with Crippen molar-refractivity contribution < 1.29 is 24.2 Å². The lowest BCUT2D eigenvalue weighted by molar-refractivity contribution is -0.132. The van der Waals surface area contributed by atoms with Gasteiger partial charge in [-0.2, -0.15) is 0 Å². The monoisotopic (exact) mass is 463 g/mol. The van der Waals surface area contributed by atoms with Crippen LogP contribution in [0.3, 0.4) is 0 Å². The molecule has 33 heavy (non-hydrogen) atoms. The Morgan fingerprint density at radius 1 is 1.00 bits per heavy atom. The van der Waals surface area contributed by atoms with E-state index in [9.17, 15) is 14.7 Å². The molecule has 0 radical (unpaired) electrons. The predicted molar refractivity (Wildman–Crippen MR) is 127 cm³/mol. The number of carbonyl (C=O) groups excluding carboxylic acids is 2. The van der Waals surface area contributed by atoms with Gasteiger partial charge in [-0.1, -0.05) is 35.9 Å². The van der Waals surface area contributed by atoms with Crippen molar-refractivity contribution in [3.8, 4) is 11.5 Å². The first-order valence-corrected chi connectivity index (χ1v) is 10.8. The molecular formula is C26H22ClNO5. The van der Waals surface area contributed by atoms with Crippen molar-refractivity contribution in [1.29, 1.82) is 0 Å². The molecule has 1 unspecified atom stereocenters. The van der Waals surface area contributed by atoms with Gasteiger partial charge in [-0.25, -0.2) is 0 Å². The van der Waals surface area contributed by atoms with Gasteiger partial charge in [-0.05, 0) is 61.0 Å². The van der Waals surface area contributed by atoms with E-state index in [0.29, 0.717) is 39.9 Å². The molecule has 4 rings (SSSR count). The van der Waals surface area contributed by atoms with Crippen LogP contribution in [0.1, 0.15) is 24.1 Å². The molecule has 1 saturated heterocycles. The first kappa shape index (κ1) is 22.4. The highest BCUT2D eigenvalue weighted by atomic mass is 35.5. The van der Waals surface area contributed by atoms with Crippen molar-refractivity contribution in [3.63, 3.8) is 0 Å². The van der Waals surface area contributed by atoms with E-state index in [1.807, 2.05) is 6.92 Å². The summed E-state index contributed by atoms with van der Waals surface area (Å²) in [5, 5.41) is 11.7. The molecule has 168 valence electrons. The van der Waals surface area contributed by atoms with Gasteiger partial charge in [0.05, 0.1) is 25.3 Å². The number of Topliss-reactive ketones (excluding diaryl/α,β-unsaturated/α-hetero) is 1. The lowest BCUT2D eigenvalue weighted by Gasteiger charge is -2.25. The van der Waals surface area contributed by atoms with Crippen LogP contribution in [0, 0.1) is 0 Å². The van der Waals surface area contributed by atoms with Crippen LogP contribution >= 0.6 is 11.6 Å². The maximum absolute atomic E-state index is 13.2. The molecule has 1 fully saturated rings. The topological polar surface area (TPSA) is 76.1 Å². The summed E-state index contributed by atoms with van der Waals surface area (Å²) in [5.41, 5.74) is 1.51.